The maximum Gasteiger partial charge on any atom is 0.256 e. The molecule has 0 fully saturated rings. The smallest absolute Gasteiger partial charge is 0.256 e. The highest BCUT2D eigenvalue weighted by molar-refractivity contribution is 9.10. The maximum atomic E-state index is 12.3. The number of carbonyl (C=O) groups excluding carboxylic acids is 1. The molecule has 1 aromatic carbocycles. The molecule has 0 saturated heterocycles. The van der Waals surface area contributed by atoms with Crippen LogP contribution in [0.25, 0.3) is 0 Å². The summed E-state index contributed by atoms with van der Waals surface area (Å²) < 4.78 is 6.13. The van der Waals surface area contributed by atoms with E-state index in [0.717, 1.165) is 10.2 Å². The third kappa shape index (κ3) is 6.07. The van der Waals surface area contributed by atoms with E-state index in [9.17, 15) is 4.79 Å². The molecule has 0 bridgehead atoms. The first-order chi connectivity index (χ1) is 14.6. The fourth-order valence-corrected chi connectivity index (χ4v) is 3.18. The summed E-state index contributed by atoms with van der Waals surface area (Å²) in [5, 5.41) is 9.97. The zero-order valence-electron chi connectivity index (χ0n) is 16.5. The van der Waals surface area contributed by atoms with Crippen LogP contribution in [-0.2, 0) is 0 Å². The Morgan fingerprint density at radius 1 is 1.13 bits per heavy atom. The van der Waals surface area contributed by atoms with E-state index < -0.39 is 0 Å². The fourth-order valence-electron chi connectivity index (χ4n) is 2.54. The van der Waals surface area contributed by atoms with Gasteiger partial charge in [0.1, 0.15) is 17.2 Å². The summed E-state index contributed by atoms with van der Waals surface area (Å²) in [6.45, 7) is 0.905. The largest absolute Gasteiger partial charge is 0.480 e. The number of pyridine rings is 1. The lowest BCUT2D eigenvalue weighted by atomic mass is 10.2. The van der Waals surface area contributed by atoms with Gasteiger partial charge in [-0.1, -0.05) is 27.7 Å². The zero-order valence-corrected chi connectivity index (χ0v) is 18.9. The van der Waals surface area contributed by atoms with Gasteiger partial charge in [-0.2, -0.15) is 0 Å². The number of halogens is 1. The number of benzene rings is 1. The van der Waals surface area contributed by atoms with Crippen LogP contribution in [0.1, 0.15) is 10.4 Å². The summed E-state index contributed by atoms with van der Waals surface area (Å²) >= 11 is 4.88. The number of hydrogen-bond donors (Lipinski definition) is 3. The van der Waals surface area contributed by atoms with E-state index in [2.05, 4.69) is 46.8 Å². The SMILES string of the molecule is COc1ncccc1C(=O)NCCNc1cc(Nc2ccc(Br)cc2)nc(SC)n1. The molecule has 0 aliphatic carbocycles. The maximum absolute atomic E-state index is 12.3. The van der Waals surface area contributed by atoms with Gasteiger partial charge in [-0.15, -0.1) is 0 Å². The minimum atomic E-state index is -0.244. The number of anilines is 3. The average molecular weight is 489 g/mol. The van der Waals surface area contributed by atoms with Crippen LogP contribution in [0.4, 0.5) is 17.3 Å². The Morgan fingerprint density at radius 2 is 1.90 bits per heavy atom. The molecule has 0 aliphatic heterocycles. The Bertz CT molecular complexity index is 1000. The minimum absolute atomic E-state index is 0.244. The van der Waals surface area contributed by atoms with Gasteiger partial charge in [0.2, 0.25) is 5.88 Å². The fraction of sp³-hybridized carbons (Fsp3) is 0.200. The van der Waals surface area contributed by atoms with E-state index in [1.54, 1.807) is 18.3 Å². The molecular weight excluding hydrogens is 468 g/mol. The van der Waals surface area contributed by atoms with E-state index in [1.165, 1.54) is 18.9 Å². The lowest BCUT2D eigenvalue weighted by Crippen LogP contribution is -2.29. The van der Waals surface area contributed by atoms with Crippen LogP contribution in [0.5, 0.6) is 5.88 Å². The number of amides is 1. The Kier molecular flexibility index (Phi) is 7.86. The molecule has 2 heterocycles. The number of ether oxygens (including phenoxy) is 1. The van der Waals surface area contributed by atoms with Gasteiger partial charge in [0.25, 0.3) is 5.91 Å². The molecule has 0 aliphatic rings. The Hall–Kier alpha value is -2.85. The van der Waals surface area contributed by atoms with Crippen molar-refractivity contribution < 1.29 is 9.53 Å². The van der Waals surface area contributed by atoms with Crippen LogP contribution in [0.3, 0.4) is 0 Å². The molecule has 3 N–H and O–H groups in total. The molecule has 0 radical (unpaired) electrons. The quantitative estimate of drug-likeness (QED) is 0.236. The second kappa shape index (κ2) is 10.8. The molecule has 3 aromatic rings. The third-order valence-corrected chi connectivity index (χ3v) is 5.01. The summed E-state index contributed by atoms with van der Waals surface area (Å²) in [4.78, 5) is 25.3. The van der Waals surface area contributed by atoms with Crippen molar-refractivity contribution in [1.82, 2.24) is 20.3 Å². The first-order valence-electron chi connectivity index (χ1n) is 9.06. The van der Waals surface area contributed by atoms with Crippen molar-refractivity contribution in [2.24, 2.45) is 0 Å². The standard InChI is InChI=1S/C20H21BrN6O2S/c1-29-19-15(4-3-9-24-19)18(28)23-11-10-22-16-12-17(27-20(26-16)30-2)25-14-7-5-13(21)6-8-14/h3-9,12H,10-11H2,1-2H3,(H,23,28)(H2,22,25,26,27). The van der Waals surface area contributed by atoms with Crippen LogP contribution in [0.2, 0.25) is 0 Å². The summed E-state index contributed by atoms with van der Waals surface area (Å²) in [6, 6.07) is 13.0. The topological polar surface area (TPSA) is 101 Å². The highest BCUT2D eigenvalue weighted by Gasteiger charge is 2.12. The molecule has 156 valence electrons. The predicted octanol–water partition coefficient (Wildman–Crippen LogP) is 3.95. The molecule has 8 nitrogen and oxygen atoms in total. The van der Waals surface area contributed by atoms with E-state index in [4.69, 9.17) is 4.74 Å². The lowest BCUT2D eigenvalue weighted by molar-refractivity contribution is 0.0951. The first kappa shape index (κ1) is 21.8. The molecule has 0 unspecified atom stereocenters. The van der Waals surface area contributed by atoms with Crippen molar-refractivity contribution in [3.63, 3.8) is 0 Å². The number of nitrogens with zero attached hydrogens (tertiary/aromatic N) is 3. The number of rotatable bonds is 9. The van der Waals surface area contributed by atoms with Crippen LogP contribution in [-0.4, -0.2) is 47.3 Å². The number of methoxy groups -OCH3 is 1. The molecule has 0 atom stereocenters. The first-order valence-corrected chi connectivity index (χ1v) is 11.1. The number of aromatic nitrogens is 3. The van der Waals surface area contributed by atoms with Crippen molar-refractivity contribution in [2.75, 3.05) is 37.1 Å². The molecule has 30 heavy (non-hydrogen) atoms. The van der Waals surface area contributed by atoms with Gasteiger partial charge in [-0.3, -0.25) is 4.79 Å². The van der Waals surface area contributed by atoms with E-state index in [1.807, 2.05) is 36.6 Å². The lowest BCUT2D eigenvalue weighted by Gasteiger charge is -2.12. The van der Waals surface area contributed by atoms with Gasteiger partial charge >= 0.3 is 0 Å². The number of nitrogens with one attached hydrogen (secondary N) is 3. The molecule has 0 spiro atoms. The Morgan fingerprint density at radius 3 is 2.63 bits per heavy atom. The molecule has 1 amide bonds. The van der Waals surface area contributed by atoms with Crippen LogP contribution < -0.4 is 20.7 Å². The summed E-state index contributed by atoms with van der Waals surface area (Å²) in [7, 11) is 1.49. The molecule has 3 rings (SSSR count). The Labute approximate surface area is 187 Å². The van der Waals surface area contributed by atoms with Crippen LogP contribution >= 0.6 is 27.7 Å². The molecular formula is C20H21BrN6O2S. The van der Waals surface area contributed by atoms with Crippen molar-refractivity contribution in [2.45, 2.75) is 5.16 Å². The van der Waals surface area contributed by atoms with Crippen molar-refractivity contribution in [3.05, 3.63) is 58.7 Å². The van der Waals surface area contributed by atoms with Gasteiger partial charge in [-0.25, -0.2) is 15.0 Å². The van der Waals surface area contributed by atoms with Gasteiger partial charge in [0.15, 0.2) is 5.16 Å². The molecule has 10 heteroatoms. The molecule has 2 aromatic heterocycles. The minimum Gasteiger partial charge on any atom is -0.480 e. The van der Waals surface area contributed by atoms with Crippen LogP contribution in [0, 0.1) is 0 Å². The van der Waals surface area contributed by atoms with Gasteiger partial charge in [0.05, 0.1) is 7.11 Å². The van der Waals surface area contributed by atoms with E-state index in [-0.39, 0.29) is 5.91 Å². The summed E-state index contributed by atoms with van der Waals surface area (Å²) in [6.07, 6.45) is 3.50. The highest BCUT2D eigenvalue weighted by Crippen LogP contribution is 2.22. The van der Waals surface area contributed by atoms with Crippen molar-refractivity contribution >= 4 is 50.9 Å². The van der Waals surface area contributed by atoms with Gasteiger partial charge in [0, 0.05) is 35.5 Å². The summed E-state index contributed by atoms with van der Waals surface area (Å²) in [5.74, 6) is 1.41. The Balaban J connectivity index is 1.58. The predicted molar refractivity (Wildman–Crippen MR) is 123 cm³/mol. The number of thioether (sulfide) groups is 1. The second-order valence-electron chi connectivity index (χ2n) is 6.00. The monoisotopic (exact) mass is 488 g/mol. The van der Waals surface area contributed by atoms with Gasteiger partial charge in [-0.05, 0) is 42.7 Å². The van der Waals surface area contributed by atoms with Crippen molar-refractivity contribution in [3.8, 4) is 5.88 Å². The normalized spacial score (nSPS) is 10.4. The average Bonchev–Trinajstić information content (AvgIpc) is 2.78. The highest BCUT2D eigenvalue weighted by atomic mass is 79.9. The summed E-state index contributed by atoms with van der Waals surface area (Å²) in [5.41, 5.74) is 1.32. The molecule has 0 saturated carbocycles. The number of hydrogen-bond acceptors (Lipinski definition) is 8. The van der Waals surface area contributed by atoms with Crippen molar-refractivity contribution in [1.29, 1.82) is 0 Å². The number of carbonyl (C=O) groups is 1. The van der Waals surface area contributed by atoms with Crippen LogP contribution in [0.15, 0.2) is 58.3 Å². The van der Waals surface area contributed by atoms with E-state index >= 15 is 0 Å². The zero-order chi connectivity index (χ0) is 21.3. The van der Waals surface area contributed by atoms with Gasteiger partial charge < -0.3 is 20.7 Å². The second-order valence-corrected chi connectivity index (χ2v) is 7.69. The third-order valence-electron chi connectivity index (χ3n) is 3.93. The van der Waals surface area contributed by atoms with E-state index in [0.29, 0.717) is 41.3 Å².